The van der Waals surface area contributed by atoms with E-state index in [-0.39, 0.29) is 12.5 Å². The van der Waals surface area contributed by atoms with Crippen LogP contribution in [0.4, 0.5) is 5.82 Å². The van der Waals surface area contributed by atoms with Gasteiger partial charge in [-0.05, 0) is 43.2 Å². The Morgan fingerprint density at radius 1 is 0.971 bits per heavy atom. The fourth-order valence-electron chi connectivity index (χ4n) is 4.96. The molecule has 0 bridgehead atoms. The molecule has 1 aliphatic heterocycles. The van der Waals surface area contributed by atoms with Gasteiger partial charge >= 0.3 is 0 Å². The van der Waals surface area contributed by atoms with Crippen LogP contribution >= 0.6 is 0 Å². The van der Waals surface area contributed by atoms with E-state index in [9.17, 15) is 9.90 Å². The number of rotatable bonds is 5. The van der Waals surface area contributed by atoms with Crippen LogP contribution in [-0.2, 0) is 6.54 Å². The third kappa shape index (κ3) is 4.17. The molecule has 6 nitrogen and oxygen atoms in total. The smallest absolute Gasteiger partial charge is 0.256 e. The molecule has 1 saturated heterocycles. The number of pyridine rings is 1. The molecule has 0 spiro atoms. The largest absolute Gasteiger partial charge is 0.395 e. The van der Waals surface area contributed by atoms with Crippen molar-refractivity contribution in [3.05, 3.63) is 84.1 Å². The molecule has 1 amide bonds. The van der Waals surface area contributed by atoms with Gasteiger partial charge in [-0.15, -0.1) is 0 Å². The van der Waals surface area contributed by atoms with Crippen LogP contribution in [0.3, 0.4) is 0 Å². The minimum Gasteiger partial charge on any atom is -0.395 e. The van der Waals surface area contributed by atoms with E-state index in [0.717, 1.165) is 58.6 Å². The molecule has 6 heteroatoms. The van der Waals surface area contributed by atoms with Gasteiger partial charge in [0.2, 0.25) is 0 Å². The van der Waals surface area contributed by atoms with E-state index >= 15 is 0 Å². The van der Waals surface area contributed by atoms with Crippen LogP contribution in [0.25, 0.3) is 22.2 Å². The molecule has 0 saturated carbocycles. The molecular weight excluding hydrogens is 424 g/mol. The van der Waals surface area contributed by atoms with Crippen LogP contribution in [0, 0.1) is 6.92 Å². The summed E-state index contributed by atoms with van der Waals surface area (Å²) in [4.78, 5) is 22.9. The Bertz CT molecular complexity index is 1280. The molecule has 0 aliphatic carbocycles. The normalized spacial score (nSPS) is 14.4. The molecule has 0 radical (unpaired) electrons. The number of aliphatic hydroxyl groups is 1. The van der Waals surface area contributed by atoms with E-state index in [1.807, 2.05) is 59.6 Å². The number of carbonyl (C=O) groups is 1. The van der Waals surface area contributed by atoms with Crippen LogP contribution in [0.1, 0.15) is 22.3 Å². The molecule has 174 valence electrons. The third-order valence-corrected chi connectivity index (χ3v) is 6.56. The lowest BCUT2D eigenvalue weighted by Crippen LogP contribution is -2.35. The molecule has 4 aromatic rings. The summed E-state index contributed by atoms with van der Waals surface area (Å²) in [6.45, 7) is 5.46. The third-order valence-electron chi connectivity index (χ3n) is 6.56. The van der Waals surface area contributed by atoms with Crippen molar-refractivity contribution in [2.45, 2.75) is 19.9 Å². The minimum atomic E-state index is 0.00781. The lowest BCUT2D eigenvalue weighted by Gasteiger charge is -2.23. The van der Waals surface area contributed by atoms with E-state index in [4.69, 9.17) is 0 Å². The maximum Gasteiger partial charge on any atom is 0.256 e. The van der Waals surface area contributed by atoms with Gasteiger partial charge in [-0.2, -0.15) is 0 Å². The van der Waals surface area contributed by atoms with Gasteiger partial charge in [-0.25, -0.2) is 4.98 Å². The Kier molecular flexibility index (Phi) is 6.32. The standard InChI is InChI=1S/C28H30N4O2/c1-21-11-12-24-23(20-21)26(27(32(24)18-19-33)22-8-3-2-4-9-22)28(34)31-15-7-14-30(16-17-31)25-10-5-6-13-29-25/h2-6,8-13,20,33H,7,14-19H2,1H3. The monoisotopic (exact) mass is 454 g/mol. The Morgan fingerprint density at radius 3 is 2.56 bits per heavy atom. The van der Waals surface area contributed by atoms with E-state index in [1.165, 1.54) is 0 Å². The summed E-state index contributed by atoms with van der Waals surface area (Å²) < 4.78 is 2.09. The lowest BCUT2D eigenvalue weighted by molar-refractivity contribution is 0.0769. The first-order valence-electron chi connectivity index (χ1n) is 11.9. The Labute approximate surface area is 200 Å². The quantitative estimate of drug-likeness (QED) is 0.487. The zero-order valence-corrected chi connectivity index (χ0v) is 19.5. The Hall–Kier alpha value is -3.64. The van der Waals surface area contributed by atoms with Crippen molar-refractivity contribution < 1.29 is 9.90 Å². The van der Waals surface area contributed by atoms with Crippen LogP contribution in [0.5, 0.6) is 0 Å². The predicted octanol–water partition coefficient (Wildman–Crippen LogP) is 4.36. The van der Waals surface area contributed by atoms with E-state index in [1.54, 1.807) is 0 Å². The van der Waals surface area contributed by atoms with E-state index < -0.39 is 0 Å². The molecule has 0 atom stereocenters. The highest BCUT2D eigenvalue weighted by atomic mass is 16.3. The number of anilines is 1. The number of nitrogens with zero attached hydrogens (tertiary/aromatic N) is 4. The first-order valence-corrected chi connectivity index (χ1v) is 11.9. The number of carbonyl (C=O) groups excluding carboxylic acids is 1. The van der Waals surface area contributed by atoms with E-state index in [0.29, 0.717) is 19.6 Å². The van der Waals surface area contributed by atoms with Crippen LogP contribution in [0.2, 0.25) is 0 Å². The number of hydrogen-bond donors (Lipinski definition) is 1. The lowest BCUT2D eigenvalue weighted by atomic mass is 10.0. The Morgan fingerprint density at radius 2 is 1.79 bits per heavy atom. The molecule has 0 unspecified atom stereocenters. The SMILES string of the molecule is Cc1ccc2c(c1)c(C(=O)N1CCCN(c3ccccn3)CC1)c(-c1ccccc1)n2CCO. The van der Waals surface area contributed by atoms with Gasteiger partial charge in [0.05, 0.1) is 17.9 Å². The van der Waals surface area contributed by atoms with Crippen LogP contribution in [0.15, 0.2) is 72.9 Å². The summed E-state index contributed by atoms with van der Waals surface area (Å²) in [5.74, 6) is 1.01. The number of benzene rings is 2. The first-order chi connectivity index (χ1) is 16.7. The molecule has 1 fully saturated rings. The van der Waals surface area contributed by atoms with Crippen molar-refractivity contribution in [1.82, 2.24) is 14.5 Å². The molecule has 1 aliphatic rings. The van der Waals surface area contributed by atoms with Crippen molar-refractivity contribution in [2.24, 2.45) is 0 Å². The summed E-state index contributed by atoms with van der Waals surface area (Å²) >= 11 is 0. The van der Waals surface area contributed by atoms with E-state index in [2.05, 4.69) is 39.6 Å². The number of amides is 1. The van der Waals surface area contributed by atoms with Crippen molar-refractivity contribution >= 4 is 22.6 Å². The Balaban J connectivity index is 1.57. The van der Waals surface area contributed by atoms with Gasteiger partial charge in [0.1, 0.15) is 5.82 Å². The van der Waals surface area contributed by atoms with Gasteiger partial charge in [0.25, 0.3) is 5.91 Å². The van der Waals surface area contributed by atoms with Crippen LogP contribution < -0.4 is 4.90 Å². The zero-order valence-electron chi connectivity index (χ0n) is 19.5. The summed E-state index contributed by atoms with van der Waals surface area (Å²) in [5, 5.41) is 10.8. The fraction of sp³-hybridized carbons (Fsp3) is 0.286. The summed E-state index contributed by atoms with van der Waals surface area (Å²) in [7, 11) is 0. The molecular formula is C28H30N4O2. The van der Waals surface area contributed by atoms with Crippen molar-refractivity contribution in [1.29, 1.82) is 0 Å². The summed E-state index contributed by atoms with van der Waals surface area (Å²) in [5.41, 5.74) is 4.68. The molecule has 2 aromatic carbocycles. The maximum atomic E-state index is 14.1. The van der Waals surface area contributed by atoms with Crippen molar-refractivity contribution in [2.75, 3.05) is 37.7 Å². The molecule has 2 aromatic heterocycles. The predicted molar refractivity (Wildman–Crippen MR) is 136 cm³/mol. The summed E-state index contributed by atoms with van der Waals surface area (Å²) in [6.07, 6.45) is 2.70. The fourth-order valence-corrected chi connectivity index (χ4v) is 4.96. The second kappa shape index (κ2) is 9.69. The number of aliphatic hydroxyl groups excluding tert-OH is 1. The van der Waals surface area contributed by atoms with Gasteiger partial charge in [-0.1, -0.05) is 48.0 Å². The average molecular weight is 455 g/mol. The number of aromatic nitrogens is 2. The minimum absolute atomic E-state index is 0.00781. The number of fused-ring (bicyclic) bond motifs is 1. The summed E-state index contributed by atoms with van der Waals surface area (Å²) in [6, 6.07) is 22.2. The highest BCUT2D eigenvalue weighted by Crippen LogP contribution is 2.35. The molecule has 3 heterocycles. The molecule has 1 N–H and O–H groups in total. The van der Waals surface area contributed by atoms with Gasteiger partial charge in [0, 0.05) is 49.8 Å². The number of hydrogen-bond acceptors (Lipinski definition) is 4. The zero-order chi connectivity index (χ0) is 23.5. The second-order valence-electron chi connectivity index (χ2n) is 8.81. The average Bonchev–Trinajstić information content (AvgIpc) is 3.01. The van der Waals surface area contributed by atoms with Crippen molar-refractivity contribution in [3.8, 4) is 11.3 Å². The highest BCUT2D eigenvalue weighted by molar-refractivity contribution is 6.13. The number of aryl methyl sites for hydroxylation is 1. The molecule has 5 rings (SSSR count). The maximum absolute atomic E-state index is 14.1. The van der Waals surface area contributed by atoms with Crippen LogP contribution in [-0.4, -0.2) is 58.3 Å². The van der Waals surface area contributed by atoms with Gasteiger partial charge in [-0.3, -0.25) is 4.79 Å². The van der Waals surface area contributed by atoms with Gasteiger partial charge < -0.3 is 19.5 Å². The van der Waals surface area contributed by atoms with Gasteiger partial charge in [0.15, 0.2) is 0 Å². The second-order valence-corrected chi connectivity index (χ2v) is 8.81. The first kappa shape index (κ1) is 22.2. The molecule has 34 heavy (non-hydrogen) atoms. The highest BCUT2D eigenvalue weighted by Gasteiger charge is 2.28. The topological polar surface area (TPSA) is 61.6 Å². The van der Waals surface area contributed by atoms with Crippen molar-refractivity contribution in [3.63, 3.8) is 0 Å².